The van der Waals surface area contributed by atoms with Gasteiger partial charge in [-0.1, -0.05) is 61.8 Å². The Morgan fingerprint density at radius 2 is 1.81 bits per heavy atom. The van der Waals surface area contributed by atoms with Crippen LogP contribution in [-0.4, -0.2) is 25.0 Å². The summed E-state index contributed by atoms with van der Waals surface area (Å²) in [7, 11) is 0. The van der Waals surface area contributed by atoms with Crippen molar-refractivity contribution in [2.24, 2.45) is 5.92 Å². The second-order valence-electron chi connectivity index (χ2n) is 6.61. The Balaban J connectivity index is 1.91. The molecule has 27 heavy (non-hydrogen) atoms. The fourth-order valence-corrected chi connectivity index (χ4v) is 2.72. The Morgan fingerprint density at radius 3 is 2.48 bits per heavy atom. The van der Waals surface area contributed by atoms with Gasteiger partial charge in [-0.2, -0.15) is 0 Å². The smallest absolute Gasteiger partial charge is 0.247 e. The Kier molecular flexibility index (Phi) is 8.14. The number of benzene rings is 2. The van der Waals surface area contributed by atoms with E-state index in [1.54, 1.807) is 24.3 Å². The molecular weight excluding hydrogens is 364 g/mol. The molecule has 0 aromatic heterocycles. The lowest BCUT2D eigenvalue weighted by atomic mass is 10.0. The van der Waals surface area contributed by atoms with Gasteiger partial charge in [0.15, 0.2) is 0 Å². The van der Waals surface area contributed by atoms with Crippen LogP contribution in [0.25, 0.3) is 0 Å². The van der Waals surface area contributed by atoms with Crippen molar-refractivity contribution in [1.29, 1.82) is 0 Å². The minimum Gasteiger partial charge on any atom is -0.492 e. The van der Waals surface area contributed by atoms with Gasteiger partial charge >= 0.3 is 0 Å². The number of carbonyl (C=O) groups is 2. The lowest BCUT2D eigenvalue weighted by Gasteiger charge is -2.19. The van der Waals surface area contributed by atoms with E-state index in [9.17, 15) is 9.59 Å². The molecule has 2 rings (SSSR count). The van der Waals surface area contributed by atoms with Crippen molar-refractivity contribution < 1.29 is 14.3 Å². The lowest BCUT2D eigenvalue weighted by molar-refractivity contribution is -0.129. The van der Waals surface area contributed by atoms with E-state index in [0.29, 0.717) is 30.3 Å². The molecular formula is C21H25ClN2O3. The van der Waals surface area contributed by atoms with Gasteiger partial charge in [0, 0.05) is 11.4 Å². The van der Waals surface area contributed by atoms with Crippen molar-refractivity contribution in [3.05, 3.63) is 65.2 Å². The average molecular weight is 389 g/mol. The predicted molar refractivity (Wildman–Crippen MR) is 107 cm³/mol. The summed E-state index contributed by atoms with van der Waals surface area (Å²) >= 11 is 5.91. The van der Waals surface area contributed by atoms with Gasteiger partial charge in [-0.3, -0.25) is 9.59 Å². The molecule has 2 amide bonds. The zero-order valence-electron chi connectivity index (χ0n) is 15.6. The Labute approximate surface area is 165 Å². The zero-order valence-corrected chi connectivity index (χ0v) is 16.3. The van der Waals surface area contributed by atoms with Crippen LogP contribution >= 0.6 is 11.6 Å². The standard InChI is InChI=1S/C21H25ClN2O3/c1-15(2)13-19(25)24-20(16-7-4-3-5-8-16)21(26)23-11-12-27-18-10-6-9-17(22)14-18/h3-10,14-15,20H,11-13H2,1-2H3,(H,23,26)(H,24,25). The molecule has 0 aliphatic rings. The van der Waals surface area contributed by atoms with Gasteiger partial charge in [-0.05, 0) is 29.7 Å². The third-order valence-electron chi connectivity index (χ3n) is 3.76. The first-order valence-corrected chi connectivity index (χ1v) is 9.34. The maximum absolute atomic E-state index is 12.6. The first kappa shape index (κ1) is 20.8. The Morgan fingerprint density at radius 1 is 1.07 bits per heavy atom. The topological polar surface area (TPSA) is 67.4 Å². The molecule has 2 N–H and O–H groups in total. The van der Waals surface area contributed by atoms with Crippen LogP contribution in [0.2, 0.25) is 5.02 Å². The number of hydrogen-bond donors (Lipinski definition) is 2. The number of carbonyl (C=O) groups excluding carboxylic acids is 2. The molecule has 0 saturated carbocycles. The number of amides is 2. The molecule has 0 aliphatic carbocycles. The molecule has 0 heterocycles. The van der Waals surface area contributed by atoms with E-state index in [0.717, 1.165) is 5.56 Å². The van der Waals surface area contributed by atoms with E-state index < -0.39 is 6.04 Å². The highest BCUT2D eigenvalue weighted by Gasteiger charge is 2.22. The number of nitrogens with one attached hydrogen (secondary N) is 2. The van der Waals surface area contributed by atoms with E-state index in [4.69, 9.17) is 16.3 Å². The first-order valence-electron chi connectivity index (χ1n) is 8.96. The highest BCUT2D eigenvalue weighted by atomic mass is 35.5. The van der Waals surface area contributed by atoms with Crippen molar-refractivity contribution in [1.82, 2.24) is 10.6 Å². The summed E-state index contributed by atoms with van der Waals surface area (Å²) in [5, 5.41) is 6.23. The van der Waals surface area contributed by atoms with Gasteiger partial charge in [0.25, 0.3) is 0 Å². The number of hydrogen-bond acceptors (Lipinski definition) is 3. The minimum absolute atomic E-state index is 0.149. The predicted octanol–water partition coefficient (Wildman–Crippen LogP) is 3.74. The maximum Gasteiger partial charge on any atom is 0.247 e. The maximum atomic E-state index is 12.6. The van der Waals surface area contributed by atoms with Crippen molar-refractivity contribution in [3.63, 3.8) is 0 Å². The van der Waals surface area contributed by atoms with Crippen molar-refractivity contribution >= 4 is 23.4 Å². The number of rotatable bonds is 9. The molecule has 5 nitrogen and oxygen atoms in total. The summed E-state index contributed by atoms with van der Waals surface area (Å²) < 4.78 is 5.57. The van der Waals surface area contributed by atoms with E-state index in [1.807, 2.05) is 44.2 Å². The fourth-order valence-electron chi connectivity index (χ4n) is 2.54. The SMILES string of the molecule is CC(C)CC(=O)NC(C(=O)NCCOc1cccc(Cl)c1)c1ccccc1. The molecule has 1 atom stereocenters. The summed E-state index contributed by atoms with van der Waals surface area (Å²) in [6, 6.07) is 15.5. The molecule has 0 fully saturated rings. The molecule has 0 spiro atoms. The summed E-state index contributed by atoms with van der Waals surface area (Å²) in [6.07, 6.45) is 0.370. The van der Waals surface area contributed by atoms with Gasteiger partial charge in [0.05, 0.1) is 6.54 Å². The Hall–Kier alpha value is -2.53. The number of ether oxygens (including phenoxy) is 1. The summed E-state index contributed by atoms with van der Waals surface area (Å²) in [5.74, 6) is 0.439. The second kappa shape index (κ2) is 10.6. The van der Waals surface area contributed by atoms with E-state index >= 15 is 0 Å². The third-order valence-corrected chi connectivity index (χ3v) is 4.00. The molecule has 2 aromatic carbocycles. The monoisotopic (exact) mass is 388 g/mol. The zero-order chi connectivity index (χ0) is 19.6. The van der Waals surface area contributed by atoms with Crippen LogP contribution in [0.3, 0.4) is 0 Å². The van der Waals surface area contributed by atoms with Crippen LogP contribution in [0, 0.1) is 5.92 Å². The number of halogens is 1. The Bertz CT molecular complexity index is 750. The minimum atomic E-state index is -0.733. The second-order valence-corrected chi connectivity index (χ2v) is 7.04. The molecule has 0 radical (unpaired) electrons. The van der Waals surface area contributed by atoms with Crippen molar-refractivity contribution in [3.8, 4) is 5.75 Å². The van der Waals surface area contributed by atoms with Crippen LogP contribution < -0.4 is 15.4 Å². The van der Waals surface area contributed by atoms with Gasteiger partial charge in [0.2, 0.25) is 11.8 Å². The van der Waals surface area contributed by atoms with Gasteiger partial charge in [-0.25, -0.2) is 0 Å². The highest BCUT2D eigenvalue weighted by Crippen LogP contribution is 2.17. The summed E-state index contributed by atoms with van der Waals surface area (Å²) in [5.41, 5.74) is 0.739. The van der Waals surface area contributed by atoms with Crippen LogP contribution in [-0.2, 0) is 9.59 Å². The van der Waals surface area contributed by atoms with Crippen molar-refractivity contribution in [2.75, 3.05) is 13.2 Å². The molecule has 6 heteroatoms. The molecule has 2 aromatic rings. The normalized spacial score (nSPS) is 11.7. The van der Waals surface area contributed by atoms with Gasteiger partial charge < -0.3 is 15.4 Å². The van der Waals surface area contributed by atoms with Crippen molar-refractivity contribution in [2.45, 2.75) is 26.3 Å². The van der Waals surface area contributed by atoms with Gasteiger partial charge in [0.1, 0.15) is 18.4 Å². The fraction of sp³-hybridized carbons (Fsp3) is 0.333. The van der Waals surface area contributed by atoms with Gasteiger partial charge in [-0.15, -0.1) is 0 Å². The van der Waals surface area contributed by atoms with Crippen LogP contribution in [0.5, 0.6) is 5.75 Å². The van der Waals surface area contributed by atoms with E-state index in [2.05, 4.69) is 10.6 Å². The summed E-state index contributed by atoms with van der Waals surface area (Å²) in [6.45, 7) is 4.54. The average Bonchev–Trinajstić information content (AvgIpc) is 2.63. The largest absolute Gasteiger partial charge is 0.492 e. The molecule has 0 aliphatic heterocycles. The van der Waals surface area contributed by atoms with E-state index in [1.165, 1.54) is 0 Å². The third kappa shape index (κ3) is 7.31. The van der Waals surface area contributed by atoms with Crippen LogP contribution in [0.15, 0.2) is 54.6 Å². The summed E-state index contributed by atoms with van der Waals surface area (Å²) in [4.78, 5) is 24.8. The molecule has 0 bridgehead atoms. The highest BCUT2D eigenvalue weighted by molar-refractivity contribution is 6.30. The van der Waals surface area contributed by atoms with E-state index in [-0.39, 0.29) is 17.7 Å². The molecule has 1 unspecified atom stereocenters. The first-order chi connectivity index (χ1) is 13.0. The lowest BCUT2D eigenvalue weighted by Crippen LogP contribution is -2.41. The van der Waals surface area contributed by atoms with Crippen LogP contribution in [0.4, 0.5) is 0 Å². The van der Waals surface area contributed by atoms with Crippen LogP contribution in [0.1, 0.15) is 31.9 Å². The quantitative estimate of drug-likeness (QED) is 0.643. The molecule has 144 valence electrons. The molecule has 0 saturated heterocycles.